The van der Waals surface area contributed by atoms with Gasteiger partial charge >= 0.3 is 0 Å². The number of nitrogens with one attached hydrogen (secondary N) is 2. The summed E-state index contributed by atoms with van der Waals surface area (Å²) in [5.74, 6) is -1.64. The molecule has 0 aromatic heterocycles. The maximum Gasteiger partial charge on any atom is 0.270 e. The van der Waals surface area contributed by atoms with E-state index in [1.54, 1.807) is 12.1 Å². The number of fused-ring (bicyclic) bond motifs is 1. The van der Waals surface area contributed by atoms with Gasteiger partial charge in [0, 0.05) is 30.8 Å². The average molecular weight is 456 g/mol. The number of amides is 4. The molecule has 0 atom stereocenters. The third-order valence-electron chi connectivity index (χ3n) is 4.85. The van der Waals surface area contributed by atoms with Gasteiger partial charge in [-0.25, -0.2) is 0 Å². The highest BCUT2D eigenvalue weighted by molar-refractivity contribution is 6.22. The van der Waals surface area contributed by atoms with Crippen LogP contribution in [0.3, 0.4) is 0 Å². The van der Waals surface area contributed by atoms with E-state index in [1.165, 1.54) is 26.4 Å². The topological polar surface area (TPSA) is 157 Å². The number of nitro groups is 1. The summed E-state index contributed by atoms with van der Waals surface area (Å²) >= 11 is 0. The molecule has 3 rings (SSSR count). The molecule has 12 nitrogen and oxygen atoms in total. The molecule has 172 valence electrons. The third kappa shape index (κ3) is 4.89. The Balaban J connectivity index is 1.50. The highest BCUT2D eigenvalue weighted by atomic mass is 16.6. The van der Waals surface area contributed by atoms with E-state index in [4.69, 9.17) is 9.47 Å². The van der Waals surface area contributed by atoms with Crippen molar-refractivity contribution < 1.29 is 33.6 Å². The van der Waals surface area contributed by atoms with Crippen molar-refractivity contribution in [2.24, 2.45) is 0 Å². The van der Waals surface area contributed by atoms with Gasteiger partial charge in [-0.1, -0.05) is 0 Å². The predicted molar refractivity (Wildman–Crippen MR) is 113 cm³/mol. The molecule has 0 bridgehead atoms. The minimum absolute atomic E-state index is 0.000540. The largest absolute Gasteiger partial charge is 0.493 e. The van der Waals surface area contributed by atoms with Crippen molar-refractivity contribution in [3.63, 3.8) is 0 Å². The van der Waals surface area contributed by atoms with Crippen molar-refractivity contribution in [2.45, 2.75) is 0 Å². The van der Waals surface area contributed by atoms with Crippen LogP contribution in [0.2, 0.25) is 0 Å². The molecule has 2 aromatic rings. The van der Waals surface area contributed by atoms with Crippen molar-refractivity contribution in [1.82, 2.24) is 15.5 Å². The van der Waals surface area contributed by atoms with E-state index in [0.717, 1.165) is 12.1 Å². The summed E-state index contributed by atoms with van der Waals surface area (Å²) in [7, 11) is 2.93. The molecule has 0 spiro atoms. The van der Waals surface area contributed by atoms with Crippen LogP contribution >= 0.6 is 0 Å². The fourth-order valence-electron chi connectivity index (χ4n) is 3.19. The van der Waals surface area contributed by atoms with Gasteiger partial charge in [0.25, 0.3) is 23.4 Å². The summed E-state index contributed by atoms with van der Waals surface area (Å²) < 4.78 is 10.3. The van der Waals surface area contributed by atoms with Crippen LogP contribution in [0.5, 0.6) is 11.5 Å². The van der Waals surface area contributed by atoms with E-state index < -0.39 is 35.1 Å². The lowest BCUT2D eigenvalue weighted by Crippen LogP contribution is -2.42. The molecule has 12 heteroatoms. The molecular formula is C21H20N4O8. The van der Waals surface area contributed by atoms with Crippen LogP contribution in [0.15, 0.2) is 36.4 Å². The molecule has 0 saturated carbocycles. The first-order valence-corrected chi connectivity index (χ1v) is 9.68. The maximum absolute atomic E-state index is 12.4. The number of hydrogen-bond acceptors (Lipinski definition) is 8. The first-order chi connectivity index (χ1) is 15.8. The number of benzene rings is 2. The van der Waals surface area contributed by atoms with Crippen molar-refractivity contribution in [3.05, 3.63) is 63.2 Å². The Bertz CT molecular complexity index is 1150. The first-order valence-electron chi connectivity index (χ1n) is 9.68. The van der Waals surface area contributed by atoms with Crippen molar-refractivity contribution in [1.29, 1.82) is 0 Å². The number of imide groups is 1. The Hall–Kier alpha value is -4.48. The quantitative estimate of drug-likeness (QED) is 0.242. The number of nitro benzene ring substituents is 1. The Kier molecular flexibility index (Phi) is 6.86. The highest BCUT2D eigenvalue weighted by Gasteiger charge is 2.37. The van der Waals surface area contributed by atoms with Crippen LogP contribution in [0.1, 0.15) is 31.1 Å². The molecule has 0 aliphatic carbocycles. The smallest absolute Gasteiger partial charge is 0.270 e. The van der Waals surface area contributed by atoms with E-state index in [2.05, 4.69) is 10.6 Å². The van der Waals surface area contributed by atoms with E-state index in [1.807, 2.05) is 0 Å². The summed E-state index contributed by atoms with van der Waals surface area (Å²) in [6, 6.07) is 7.98. The second-order valence-electron chi connectivity index (χ2n) is 6.86. The Morgan fingerprint density at radius 3 is 2.27 bits per heavy atom. The maximum atomic E-state index is 12.4. The van der Waals surface area contributed by atoms with Gasteiger partial charge in [-0.15, -0.1) is 0 Å². The van der Waals surface area contributed by atoms with Crippen molar-refractivity contribution in [2.75, 3.05) is 33.9 Å². The molecule has 0 unspecified atom stereocenters. The second kappa shape index (κ2) is 9.77. The number of non-ortho nitro benzene ring substituents is 1. The molecule has 1 aliphatic heterocycles. The number of nitrogens with zero attached hydrogens (tertiary/aromatic N) is 2. The SMILES string of the molecule is COc1ccc(C(=O)NCCNC(=O)CN2C(=O)c3ccc([N+](=O)[O-])cc3C2=O)cc1OC. The molecule has 2 aromatic carbocycles. The van der Waals surface area contributed by atoms with Gasteiger partial charge in [0.2, 0.25) is 5.91 Å². The Labute approximate surface area is 187 Å². The van der Waals surface area contributed by atoms with Crippen molar-refractivity contribution in [3.8, 4) is 11.5 Å². The first kappa shape index (κ1) is 23.2. The lowest BCUT2D eigenvalue weighted by atomic mass is 10.1. The van der Waals surface area contributed by atoms with E-state index in [0.29, 0.717) is 22.0 Å². The third-order valence-corrected chi connectivity index (χ3v) is 4.85. The molecule has 2 N–H and O–H groups in total. The zero-order valence-electron chi connectivity index (χ0n) is 17.7. The lowest BCUT2D eigenvalue weighted by molar-refractivity contribution is -0.384. The standard InChI is InChI=1S/C21H20N4O8/c1-32-16-6-3-12(9-17(16)33-2)19(27)23-8-7-22-18(26)11-24-20(28)14-5-4-13(25(30)31)10-15(14)21(24)29/h3-6,9-10H,7-8,11H2,1-2H3,(H,22,26)(H,23,27). The summed E-state index contributed by atoms with van der Waals surface area (Å²) in [6.07, 6.45) is 0. The Morgan fingerprint density at radius 1 is 0.939 bits per heavy atom. The van der Waals surface area contributed by atoms with Crippen LogP contribution < -0.4 is 20.1 Å². The molecule has 4 amide bonds. The zero-order valence-corrected chi connectivity index (χ0v) is 17.7. The number of ether oxygens (including phenoxy) is 2. The fourth-order valence-corrected chi connectivity index (χ4v) is 3.19. The van der Waals surface area contributed by atoms with E-state index in [9.17, 15) is 29.3 Å². The fraction of sp³-hybridized carbons (Fsp3) is 0.238. The number of carbonyl (C=O) groups excluding carboxylic acids is 4. The van der Waals surface area contributed by atoms with Gasteiger partial charge in [0.15, 0.2) is 11.5 Å². The summed E-state index contributed by atoms with van der Waals surface area (Å²) in [5, 5.41) is 16.0. The average Bonchev–Trinajstić information content (AvgIpc) is 3.05. The van der Waals surface area contributed by atoms with Crippen LogP contribution in [0.4, 0.5) is 5.69 Å². The zero-order chi connectivity index (χ0) is 24.1. The van der Waals surface area contributed by atoms with Gasteiger partial charge in [-0.3, -0.25) is 34.2 Å². The van der Waals surface area contributed by atoms with Crippen LogP contribution in [-0.2, 0) is 4.79 Å². The van der Waals surface area contributed by atoms with Crippen LogP contribution in [0.25, 0.3) is 0 Å². The molecule has 33 heavy (non-hydrogen) atoms. The van der Waals surface area contributed by atoms with Gasteiger partial charge in [-0.2, -0.15) is 0 Å². The van der Waals surface area contributed by atoms with E-state index in [-0.39, 0.29) is 29.9 Å². The number of hydrogen-bond donors (Lipinski definition) is 2. The monoisotopic (exact) mass is 456 g/mol. The van der Waals surface area contributed by atoms with Gasteiger partial charge in [-0.05, 0) is 24.3 Å². The van der Waals surface area contributed by atoms with Crippen molar-refractivity contribution >= 4 is 29.3 Å². The Morgan fingerprint density at radius 2 is 1.61 bits per heavy atom. The van der Waals surface area contributed by atoms with Crippen LogP contribution in [-0.4, -0.2) is 67.3 Å². The minimum atomic E-state index is -0.782. The van der Waals surface area contributed by atoms with E-state index >= 15 is 0 Å². The molecule has 1 aliphatic rings. The van der Waals surface area contributed by atoms with Crippen LogP contribution in [0, 0.1) is 10.1 Å². The number of methoxy groups -OCH3 is 2. The summed E-state index contributed by atoms with van der Waals surface area (Å²) in [6.45, 7) is -0.413. The summed E-state index contributed by atoms with van der Waals surface area (Å²) in [4.78, 5) is 60.2. The van der Waals surface area contributed by atoms with Gasteiger partial charge < -0.3 is 20.1 Å². The molecule has 0 radical (unpaired) electrons. The summed E-state index contributed by atoms with van der Waals surface area (Å²) in [5.41, 5.74) is -0.115. The number of rotatable bonds is 9. The normalized spacial score (nSPS) is 12.2. The molecule has 0 saturated heterocycles. The van der Waals surface area contributed by atoms with Gasteiger partial charge in [0.05, 0.1) is 30.3 Å². The number of carbonyl (C=O) groups is 4. The van der Waals surface area contributed by atoms with Gasteiger partial charge in [0.1, 0.15) is 6.54 Å². The molecule has 0 fully saturated rings. The lowest BCUT2D eigenvalue weighted by Gasteiger charge is -2.14. The predicted octanol–water partition coefficient (Wildman–Crippen LogP) is 0.754. The minimum Gasteiger partial charge on any atom is -0.493 e. The second-order valence-corrected chi connectivity index (χ2v) is 6.86. The molecular weight excluding hydrogens is 436 g/mol. The highest BCUT2D eigenvalue weighted by Crippen LogP contribution is 2.28. The molecule has 1 heterocycles.